The van der Waals surface area contributed by atoms with E-state index in [1.807, 2.05) is 41.6 Å². The second-order valence-corrected chi connectivity index (χ2v) is 9.83. The summed E-state index contributed by atoms with van der Waals surface area (Å²) in [5.74, 6) is 0.452. The Balaban J connectivity index is 1.45. The van der Waals surface area contributed by atoms with Crippen LogP contribution in [0.5, 0.6) is 0 Å². The summed E-state index contributed by atoms with van der Waals surface area (Å²) in [7, 11) is 1.87. The summed E-state index contributed by atoms with van der Waals surface area (Å²) in [6.45, 7) is 4.50. The molecule has 0 radical (unpaired) electrons. The van der Waals surface area contributed by atoms with Gasteiger partial charge in [0.2, 0.25) is 0 Å². The van der Waals surface area contributed by atoms with Gasteiger partial charge in [0.1, 0.15) is 12.2 Å². The van der Waals surface area contributed by atoms with Crippen LogP contribution in [0.1, 0.15) is 64.2 Å². The molecule has 1 saturated heterocycles. The van der Waals surface area contributed by atoms with E-state index in [-0.39, 0.29) is 29.6 Å². The number of hydrogen-bond acceptors (Lipinski definition) is 5. The number of halogens is 3. The average molecular weight is 500 g/mol. The van der Waals surface area contributed by atoms with E-state index in [1.54, 1.807) is 25.4 Å². The Morgan fingerprint density at radius 2 is 1.89 bits per heavy atom. The summed E-state index contributed by atoms with van der Waals surface area (Å²) in [5.41, 5.74) is 1.27. The SMILES string of the molecule is C[C@H](Cc1nncn1C)c1cccc(N2Cc3c(cc([C@@H](C)N4CC(O)C4)cc3C(F)(F)F)C2=O)c1. The van der Waals surface area contributed by atoms with E-state index in [1.165, 1.54) is 4.90 Å². The molecule has 2 aliphatic rings. The third kappa shape index (κ3) is 4.39. The summed E-state index contributed by atoms with van der Waals surface area (Å²) >= 11 is 0. The van der Waals surface area contributed by atoms with Crippen molar-refractivity contribution in [3.8, 4) is 0 Å². The summed E-state index contributed by atoms with van der Waals surface area (Å²) in [5, 5.41) is 17.6. The molecule has 190 valence electrons. The maximum Gasteiger partial charge on any atom is 0.416 e. The molecule has 1 amide bonds. The number of likely N-dealkylation sites (tertiary alicyclic amines) is 1. The fourth-order valence-corrected chi connectivity index (χ4v) is 5.03. The molecule has 2 atom stereocenters. The van der Waals surface area contributed by atoms with Crippen LogP contribution in [-0.2, 0) is 26.2 Å². The average Bonchev–Trinajstić information content (AvgIpc) is 3.37. The zero-order valence-electron chi connectivity index (χ0n) is 20.3. The lowest BCUT2D eigenvalue weighted by Crippen LogP contribution is -2.51. The number of nitrogens with zero attached hydrogens (tertiary/aromatic N) is 5. The Hall–Kier alpha value is -3.24. The fourth-order valence-electron chi connectivity index (χ4n) is 5.03. The van der Waals surface area contributed by atoms with Gasteiger partial charge < -0.3 is 14.6 Å². The third-order valence-corrected chi connectivity index (χ3v) is 7.33. The van der Waals surface area contributed by atoms with E-state index in [9.17, 15) is 23.1 Å². The third-order valence-electron chi connectivity index (χ3n) is 7.33. The molecule has 5 rings (SSSR count). The van der Waals surface area contributed by atoms with Crippen LogP contribution in [-0.4, -0.2) is 49.9 Å². The molecule has 2 aliphatic heterocycles. The second kappa shape index (κ2) is 9.01. The van der Waals surface area contributed by atoms with Crippen molar-refractivity contribution < 1.29 is 23.1 Å². The highest BCUT2D eigenvalue weighted by molar-refractivity contribution is 6.10. The van der Waals surface area contributed by atoms with Gasteiger partial charge >= 0.3 is 6.18 Å². The largest absolute Gasteiger partial charge is 0.416 e. The molecular formula is C26H28F3N5O2. The summed E-state index contributed by atoms with van der Waals surface area (Å²) < 4.78 is 44.1. The first-order chi connectivity index (χ1) is 17.0. The monoisotopic (exact) mass is 499 g/mol. The van der Waals surface area contributed by atoms with Crippen molar-refractivity contribution in [3.05, 3.63) is 76.4 Å². The van der Waals surface area contributed by atoms with E-state index in [2.05, 4.69) is 10.2 Å². The number of fused-ring (bicyclic) bond motifs is 1. The van der Waals surface area contributed by atoms with Gasteiger partial charge in [-0.2, -0.15) is 13.2 Å². The Kier molecular flexibility index (Phi) is 6.12. The molecule has 0 unspecified atom stereocenters. The van der Waals surface area contributed by atoms with Crippen LogP contribution in [0.4, 0.5) is 18.9 Å². The van der Waals surface area contributed by atoms with E-state index in [0.717, 1.165) is 17.5 Å². The van der Waals surface area contributed by atoms with E-state index >= 15 is 0 Å². The van der Waals surface area contributed by atoms with Gasteiger partial charge in [-0.25, -0.2) is 0 Å². The van der Waals surface area contributed by atoms with Gasteiger partial charge in [-0.05, 0) is 53.8 Å². The number of rotatable bonds is 6. The van der Waals surface area contributed by atoms with Crippen molar-refractivity contribution >= 4 is 11.6 Å². The van der Waals surface area contributed by atoms with Crippen LogP contribution in [0.3, 0.4) is 0 Å². The number of carbonyl (C=O) groups excluding carboxylic acids is 1. The van der Waals surface area contributed by atoms with Crippen molar-refractivity contribution in [2.24, 2.45) is 7.05 Å². The molecule has 3 heterocycles. The molecule has 0 bridgehead atoms. The molecule has 36 heavy (non-hydrogen) atoms. The Labute approximate surface area is 207 Å². The highest BCUT2D eigenvalue weighted by Gasteiger charge is 2.41. The number of aliphatic hydroxyl groups is 1. The lowest BCUT2D eigenvalue weighted by atomic mass is 9.94. The number of benzene rings is 2. The lowest BCUT2D eigenvalue weighted by molar-refractivity contribution is -0.138. The van der Waals surface area contributed by atoms with Crippen molar-refractivity contribution in [2.45, 2.75) is 51.1 Å². The van der Waals surface area contributed by atoms with Gasteiger partial charge in [0.25, 0.3) is 5.91 Å². The molecule has 1 aromatic heterocycles. The van der Waals surface area contributed by atoms with Crippen LogP contribution in [0.15, 0.2) is 42.7 Å². The highest BCUT2D eigenvalue weighted by atomic mass is 19.4. The normalized spacial score (nSPS) is 18.3. The molecule has 0 spiro atoms. The smallest absolute Gasteiger partial charge is 0.390 e. The van der Waals surface area contributed by atoms with E-state index < -0.39 is 23.8 Å². The molecule has 7 nitrogen and oxygen atoms in total. The quantitative estimate of drug-likeness (QED) is 0.553. The number of anilines is 1. The number of aromatic nitrogens is 3. The van der Waals surface area contributed by atoms with Crippen LogP contribution < -0.4 is 4.90 Å². The zero-order valence-corrected chi connectivity index (χ0v) is 20.3. The molecular weight excluding hydrogens is 471 g/mol. The summed E-state index contributed by atoms with van der Waals surface area (Å²) in [6.07, 6.45) is -2.78. The zero-order chi connectivity index (χ0) is 25.8. The van der Waals surface area contributed by atoms with Gasteiger partial charge in [-0.15, -0.1) is 10.2 Å². The van der Waals surface area contributed by atoms with Gasteiger partial charge in [-0.3, -0.25) is 9.69 Å². The number of hydrogen-bond donors (Lipinski definition) is 1. The lowest BCUT2D eigenvalue weighted by Gasteiger charge is -2.40. The number of alkyl halides is 3. The van der Waals surface area contributed by atoms with Crippen LogP contribution in [0.25, 0.3) is 0 Å². The van der Waals surface area contributed by atoms with Crippen LogP contribution >= 0.6 is 0 Å². The maximum atomic E-state index is 14.1. The Morgan fingerprint density at radius 1 is 1.14 bits per heavy atom. The molecule has 1 N–H and O–H groups in total. The van der Waals surface area contributed by atoms with Gasteiger partial charge in [0, 0.05) is 43.9 Å². The standard InChI is InChI=1S/C26H28F3N5O2/c1-15(7-24-31-30-14-32(24)3)17-5-4-6-19(8-17)34-13-22-21(25(34)36)9-18(10-23(22)26(27,28)29)16(2)33-11-20(35)12-33/h4-6,8-10,14-16,20,35H,7,11-13H2,1-3H3/t15-,16-/m1/s1. The molecule has 3 aromatic rings. The minimum Gasteiger partial charge on any atom is -0.390 e. The second-order valence-electron chi connectivity index (χ2n) is 9.83. The minimum atomic E-state index is -4.59. The fraction of sp³-hybridized carbons (Fsp3) is 0.423. The van der Waals surface area contributed by atoms with Crippen molar-refractivity contribution in [2.75, 3.05) is 18.0 Å². The van der Waals surface area contributed by atoms with E-state index in [0.29, 0.717) is 30.8 Å². The van der Waals surface area contributed by atoms with Gasteiger partial charge in [0.05, 0.1) is 18.2 Å². The highest BCUT2D eigenvalue weighted by Crippen LogP contribution is 2.41. The topological polar surface area (TPSA) is 74.5 Å². The number of carbonyl (C=O) groups is 1. The number of β-amino-alcohol motifs (C(OH)–C–C–N with tert-alkyl or cyclic N) is 1. The Bertz CT molecular complexity index is 1300. The first-order valence-electron chi connectivity index (χ1n) is 11.9. The summed E-state index contributed by atoms with van der Waals surface area (Å²) in [4.78, 5) is 16.7. The number of aryl methyl sites for hydroxylation is 1. The predicted octanol–water partition coefficient (Wildman–Crippen LogP) is 4.08. The predicted molar refractivity (Wildman–Crippen MR) is 128 cm³/mol. The van der Waals surface area contributed by atoms with Gasteiger partial charge in [0.15, 0.2) is 0 Å². The van der Waals surface area contributed by atoms with Crippen LogP contribution in [0.2, 0.25) is 0 Å². The van der Waals surface area contributed by atoms with Crippen molar-refractivity contribution in [1.29, 1.82) is 0 Å². The van der Waals surface area contributed by atoms with Gasteiger partial charge in [-0.1, -0.05) is 19.1 Å². The molecule has 0 aliphatic carbocycles. The molecule has 0 saturated carbocycles. The first kappa shape index (κ1) is 24.5. The van der Waals surface area contributed by atoms with Crippen molar-refractivity contribution in [1.82, 2.24) is 19.7 Å². The molecule has 1 fully saturated rings. The van der Waals surface area contributed by atoms with Crippen molar-refractivity contribution in [3.63, 3.8) is 0 Å². The number of aliphatic hydroxyl groups excluding tert-OH is 1. The maximum absolute atomic E-state index is 14.1. The molecule has 2 aromatic carbocycles. The van der Waals surface area contributed by atoms with Crippen LogP contribution in [0, 0.1) is 0 Å². The summed E-state index contributed by atoms with van der Waals surface area (Å²) in [6, 6.07) is 9.78. The van der Waals surface area contributed by atoms with E-state index in [4.69, 9.17) is 0 Å². The minimum absolute atomic E-state index is 0.00429. The Morgan fingerprint density at radius 3 is 2.53 bits per heavy atom. The number of amides is 1. The molecule has 10 heteroatoms. The first-order valence-corrected chi connectivity index (χ1v) is 11.9.